The number of aromatic nitrogens is 2. The number of hydrogen-bond acceptors (Lipinski definition) is 5. The summed E-state index contributed by atoms with van der Waals surface area (Å²) in [5.41, 5.74) is 0.519. The molecule has 0 radical (unpaired) electrons. The number of carbonyl (C=O) groups is 2. The molecule has 2 aromatic heterocycles. The van der Waals surface area contributed by atoms with Gasteiger partial charge in [0.15, 0.2) is 11.5 Å². The largest absolute Gasteiger partial charge is 0.482 e. The number of nitrogens with zero attached hydrogens (tertiary/aromatic N) is 3. The van der Waals surface area contributed by atoms with Gasteiger partial charge in [0, 0.05) is 20.6 Å². The molecule has 3 rings (SSSR count). The van der Waals surface area contributed by atoms with E-state index < -0.39 is 5.91 Å². The minimum Gasteiger partial charge on any atom is -0.482 e. The van der Waals surface area contributed by atoms with Gasteiger partial charge in [-0.25, -0.2) is 0 Å². The van der Waals surface area contributed by atoms with E-state index in [1.54, 1.807) is 14.1 Å². The maximum atomic E-state index is 12.7. The summed E-state index contributed by atoms with van der Waals surface area (Å²) in [6, 6.07) is 2.99. The van der Waals surface area contributed by atoms with E-state index in [1.807, 2.05) is 6.92 Å². The molecule has 33 heavy (non-hydrogen) atoms. The second-order valence-electron chi connectivity index (χ2n) is 6.83. The van der Waals surface area contributed by atoms with Crippen LogP contribution < -0.4 is 10.1 Å². The summed E-state index contributed by atoms with van der Waals surface area (Å²) in [6.07, 6.45) is 1.41. The van der Waals surface area contributed by atoms with Gasteiger partial charge in [0.2, 0.25) is 0 Å². The van der Waals surface area contributed by atoms with Gasteiger partial charge in [0.05, 0.1) is 27.0 Å². The summed E-state index contributed by atoms with van der Waals surface area (Å²) in [7, 11) is 3.22. The maximum Gasteiger partial charge on any atom is 0.291 e. The molecular weight excluding hydrogens is 538 g/mol. The lowest BCUT2D eigenvalue weighted by Gasteiger charge is -2.13. The molecule has 2 heterocycles. The molecule has 0 saturated carbocycles. The Hall–Kier alpha value is -2.10. The molecule has 0 fully saturated rings. The first-order valence-corrected chi connectivity index (χ1v) is 11.3. The molecule has 176 valence electrons. The molecule has 0 spiro atoms. The third-order valence-electron chi connectivity index (χ3n) is 4.41. The number of halogens is 5. The highest BCUT2D eigenvalue weighted by atomic mass is 35.5. The van der Waals surface area contributed by atoms with E-state index in [-0.39, 0.29) is 60.5 Å². The Morgan fingerprint density at radius 1 is 1.06 bits per heavy atom. The van der Waals surface area contributed by atoms with Crippen LogP contribution in [0.5, 0.6) is 5.75 Å². The normalized spacial score (nSPS) is 10.9. The summed E-state index contributed by atoms with van der Waals surface area (Å²) in [5.74, 6) is -0.557. The molecule has 1 N–H and O–H groups in total. The number of ether oxygens (including phenoxy) is 1. The highest BCUT2D eigenvalue weighted by Gasteiger charge is 2.23. The van der Waals surface area contributed by atoms with Crippen LogP contribution >= 0.6 is 58.0 Å². The number of aryl methyl sites for hydroxylation is 1. The highest BCUT2D eigenvalue weighted by Crippen LogP contribution is 2.48. The standard InChI is InChI=1S/C20H17Cl5N4O4/c1-4-29-17(20(31)28(2)3)10(7-26-29)27-19(30)11-6-5-9(33-11)8-32-18-15(24)13(22)12(21)14(23)16(18)25/h5-7H,4,8H2,1-3H3,(H,27,30). The summed E-state index contributed by atoms with van der Waals surface area (Å²) in [5, 5.41) is 6.78. The summed E-state index contributed by atoms with van der Waals surface area (Å²) >= 11 is 30.3. The summed E-state index contributed by atoms with van der Waals surface area (Å²) in [4.78, 5) is 26.6. The van der Waals surface area contributed by atoms with Crippen molar-refractivity contribution in [3.05, 3.63) is 60.7 Å². The third-order valence-corrected chi connectivity index (χ3v) is 6.65. The maximum absolute atomic E-state index is 12.7. The number of rotatable bonds is 7. The van der Waals surface area contributed by atoms with Crippen molar-refractivity contribution in [1.29, 1.82) is 0 Å². The van der Waals surface area contributed by atoms with Gasteiger partial charge < -0.3 is 19.4 Å². The van der Waals surface area contributed by atoms with Crippen LogP contribution in [0.4, 0.5) is 5.69 Å². The van der Waals surface area contributed by atoms with Gasteiger partial charge in [0.1, 0.15) is 28.1 Å². The van der Waals surface area contributed by atoms with Crippen LogP contribution in [0.2, 0.25) is 25.1 Å². The Labute approximate surface area is 214 Å². The van der Waals surface area contributed by atoms with E-state index in [0.29, 0.717) is 12.3 Å². The van der Waals surface area contributed by atoms with Gasteiger partial charge in [-0.2, -0.15) is 5.10 Å². The van der Waals surface area contributed by atoms with E-state index in [0.717, 1.165) is 0 Å². The second-order valence-corrected chi connectivity index (χ2v) is 8.72. The zero-order chi connectivity index (χ0) is 24.4. The number of amides is 2. The van der Waals surface area contributed by atoms with Crippen molar-refractivity contribution in [2.75, 3.05) is 19.4 Å². The van der Waals surface area contributed by atoms with Crippen LogP contribution in [0.25, 0.3) is 0 Å². The number of furan rings is 1. The van der Waals surface area contributed by atoms with Crippen molar-refractivity contribution in [3.8, 4) is 5.75 Å². The Bertz CT molecular complexity index is 1190. The summed E-state index contributed by atoms with van der Waals surface area (Å²) < 4.78 is 12.6. The molecule has 0 atom stereocenters. The fourth-order valence-electron chi connectivity index (χ4n) is 2.77. The van der Waals surface area contributed by atoms with Crippen molar-refractivity contribution < 1.29 is 18.7 Å². The summed E-state index contributed by atoms with van der Waals surface area (Å²) in [6.45, 7) is 2.17. The van der Waals surface area contributed by atoms with Crippen LogP contribution in [0.15, 0.2) is 22.7 Å². The van der Waals surface area contributed by atoms with Crippen LogP contribution in [0.1, 0.15) is 33.7 Å². The highest BCUT2D eigenvalue weighted by molar-refractivity contribution is 6.55. The van der Waals surface area contributed by atoms with Crippen LogP contribution in [-0.4, -0.2) is 40.6 Å². The van der Waals surface area contributed by atoms with Crippen LogP contribution in [-0.2, 0) is 13.2 Å². The Morgan fingerprint density at radius 2 is 1.67 bits per heavy atom. The van der Waals surface area contributed by atoms with Crippen molar-refractivity contribution in [2.24, 2.45) is 0 Å². The van der Waals surface area contributed by atoms with Crippen molar-refractivity contribution in [2.45, 2.75) is 20.1 Å². The zero-order valence-corrected chi connectivity index (χ0v) is 21.3. The van der Waals surface area contributed by atoms with Crippen molar-refractivity contribution in [1.82, 2.24) is 14.7 Å². The molecule has 1 aromatic carbocycles. The lowest BCUT2D eigenvalue weighted by atomic mass is 10.3. The number of nitrogens with one attached hydrogen (secondary N) is 1. The van der Waals surface area contributed by atoms with E-state index >= 15 is 0 Å². The molecular formula is C20H17Cl5N4O4. The molecule has 0 saturated heterocycles. The third kappa shape index (κ3) is 5.20. The van der Waals surface area contributed by atoms with Gasteiger partial charge in [-0.05, 0) is 19.1 Å². The first kappa shape index (κ1) is 25.5. The SMILES string of the molecule is CCn1ncc(NC(=O)c2ccc(COc3c(Cl)c(Cl)c(Cl)c(Cl)c3Cl)o2)c1C(=O)N(C)C. The van der Waals surface area contributed by atoms with Gasteiger partial charge in [-0.15, -0.1) is 0 Å². The van der Waals surface area contributed by atoms with Gasteiger partial charge in [0.25, 0.3) is 11.8 Å². The Kier molecular flexibility index (Phi) is 8.08. The molecule has 0 unspecified atom stereocenters. The lowest BCUT2D eigenvalue weighted by molar-refractivity contribution is 0.0816. The predicted octanol–water partition coefficient (Wildman–Crippen LogP) is 6.30. The molecule has 0 aliphatic rings. The first-order valence-electron chi connectivity index (χ1n) is 9.38. The zero-order valence-electron chi connectivity index (χ0n) is 17.5. The van der Waals surface area contributed by atoms with Gasteiger partial charge >= 0.3 is 0 Å². The van der Waals surface area contributed by atoms with Crippen LogP contribution in [0.3, 0.4) is 0 Å². The van der Waals surface area contributed by atoms with Gasteiger partial charge in [-0.3, -0.25) is 14.3 Å². The lowest BCUT2D eigenvalue weighted by Crippen LogP contribution is -2.26. The van der Waals surface area contributed by atoms with Gasteiger partial charge in [-0.1, -0.05) is 58.0 Å². The van der Waals surface area contributed by atoms with E-state index in [9.17, 15) is 9.59 Å². The predicted molar refractivity (Wildman–Crippen MR) is 128 cm³/mol. The number of anilines is 1. The molecule has 2 amide bonds. The minimum absolute atomic E-state index is 0.00190. The smallest absolute Gasteiger partial charge is 0.291 e. The number of hydrogen-bond donors (Lipinski definition) is 1. The molecule has 3 aromatic rings. The average molecular weight is 555 g/mol. The van der Waals surface area contributed by atoms with Crippen molar-refractivity contribution in [3.63, 3.8) is 0 Å². The molecule has 0 aliphatic carbocycles. The monoisotopic (exact) mass is 552 g/mol. The molecule has 8 nitrogen and oxygen atoms in total. The average Bonchev–Trinajstić information content (AvgIpc) is 3.42. The first-order chi connectivity index (χ1) is 15.6. The molecule has 13 heteroatoms. The Balaban J connectivity index is 1.75. The fourth-order valence-corrected chi connectivity index (χ4v) is 4.00. The Morgan fingerprint density at radius 3 is 2.24 bits per heavy atom. The minimum atomic E-state index is -0.571. The van der Waals surface area contributed by atoms with Crippen molar-refractivity contribution >= 4 is 75.5 Å². The van der Waals surface area contributed by atoms with E-state index in [2.05, 4.69) is 10.4 Å². The van der Waals surface area contributed by atoms with E-state index in [4.69, 9.17) is 67.2 Å². The molecule has 0 bridgehead atoms. The number of benzene rings is 1. The quantitative estimate of drug-likeness (QED) is 0.274. The van der Waals surface area contributed by atoms with Crippen LogP contribution in [0, 0.1) is 0 Å². The second kappa shape index (κ2) is 10.4. The number of carbonyl (C=O) groups excluding carboxylic acids is 2. The van der Waals surface area contributed by atoms with E-state index in [1.165, 1.54) is 27.9 Å². The fraction of sp³-hybridized carbons (Fsp3) is 0.250. The topological polar surface area (TPSA) is 89.6 Å². The molecule has 0 aliphatic heterocycles.